The fourth-order valence-corrected chi connectivity index (χ4v) is 5.91. The monoisotopic (exact) mass is 490 g/mol. The van der Waals surface area contributed by atoms with Crippen molar-refractivity contribution in [3.63, 3.8) is 0 Å². The molecule has 0 amide bonds. The summed E-state index contributed by atoms with van der Waals surface area (Å²) >= 11 is 5.28. The van der Waals surface area contributed by atoms with Gasteiger partial charge in [-0.05, 0) is 54.8 Å². The second-order valence-corrected chi connectivity index (χ2v) is 10.0. The highest BCUT2D eigenvalue weighted by Gasteiger charge is 2.31. The Balaban J connectivity index is 1.40. The lowest BCUT2D eigenvalue weighted by Crippen LogP contribution is -2.43. The van der Waals surface area contributed by atoms with Gasteiger partial charge in [-0.15, -0.1) is 11.3 Å². The van der Waals surface area contributed by atoms with Gasteiger partial charge >= 0.3 is 0 Å². The molecule has 0 saturated carbocycles. The molecular formula is C26H23BrN2OS. The normalized spacial score (nSPS) is 18.9. The van der Waals surface area contributed by atoms with Crippen molar-refractivity contribution in [3.05, 3.63) is 87.5 Å². The summed E-state index contributed by atoms with van der Waals surface area (Å²) in [5.74, 6) is 0.487. The number of hydrogen-bond acceptors (Lipinski definition) is 4. The number of carbonyl (C=O) groups is 1. The van der Waals surface area contributed by atoms with Crippen LogP contribution in [-0.4, -0.2) is 23.4 Å². The molecule has 3 aromatic carbocycles. The van der Waals surface area contributed by atoms with Crippen molar-refractivity contribution in [2.24, 2.45) is 0 Å². The van der Waals surface area contributed by atoms with Crippen LogP contribution in [0, 0.1) is 6.92 Å². The SMILES string of the molecule is Cc1nc(C2CCNC(C(=O)c3cccc4ccccc34)C2)sc1-c1ccc(Br)cc1. The number of hydrogen-bond donors (Lipinski definition) is 1. The Kier molecular flexibility index (Phi) is 5.74. The van der Waals surface area contributed by atoms with Crippen LogP contribution in [0.25, 0.3) is 21.2 Å². The third-order valence-electron chi connectivity index (χ3n) is 6.04. The average Bonchev–Trinajstić information content (AvgIpc) is 3.20. The number of fused-ring (bicyclic) bond motifs is 1. The molecule has 0 spiro atoms. The van der Waals surface area contributed by atoms with Gasteiger partial charge in [0, 0.05) is 16.0 Å². The predicted molar refractivity (Wildman–Crippen MR) is 132 cm³/mol. The Morgan fingerprint density at radius 2 is 1.84 bits per heavy atom. The lowest BCUT2D eigenvalue weighted by Gasteiger charge is -2.28. The fourth-order valence-electron chi connectivity index (χ4n) is 4.43. The summed E-state index contributed by atoms with van der Waals surface area (Å²) in [6, 6.07) is 22.3. The number of ketones is 1. The van der Waals surface area contributed by atoms with E-state index in [1.54, 1.807) is 11.3 Å². The molecule has 4 aromatic rings. The standard InChI is InChI=1S/C26H23BrN2OS/c1-16-25(18-9-11-20(27)12-10-18)31-26(29-16)19-13-14-28-23(15-19)24(30)22-8-4-6-17-5-2-3-7-21(17)22/h2-12,19,23,28H,13-15H2,1H3. The first-order valence-electron chi connectivity index (χ1n) is 10.6. The largest absolute Gasteiger partial charge is 0.307 e. The first-order valence-corrected chi connectivity index (χ1v) is 12.2. The van der Waals surface area contributed by atoms with Crippen molar-refractivity contribution < 1.29 is 4.79 Å². The number of aryl methyl sites for hydroxylation is 1. The van der Waals surface area contributed by atoms with Crippen LogP contribution in [0.3, 0.4) is 0 Å². The van der Waals surface area contributed by atoms with E-state index in [0.29, 0.717) is 5.92 Å². The van der Waals surface area contributed by atoms with E-state index in [2.05, 4.69) is 64.6 Å². The highest BCUT2D eigenvalue weighted by Crippen LogP contribution is 2.38. The van der Waals surface area contributed by atoms with Gasteiger partial charge in [0.2, 0.25) is 0 Å². The Morgan fingerprint density at radius 1 is 1.06 bits per heavy atom. The first-order chi connectivity index (χ1) is 15.1. The van der Waals surface area contributed by atoms with E-state index in [4.69, 9.17) is 4.98 Å². The smallest absolute Gasteiger partial charge is 0.180 e. The molecule has 5 heteroatoms. The van der Waals surface area contributed by atoms with Crippen LogP contribution in [0.4, 0.5) is 0 Å². The lowest BCUT2D eigenvalue weighted by atomic mass is 9.87. The van der Waals surface area contributed by atoms with Gasteiger partial charge in [0.1, 0.15) is 0 Å². The van der Waals surface area contributed by atoms with Crippen molar-refractivity contribution in [1.82, 2.24) is 10.3 Å². The van der Waals surface area contributed by atoms with Gasteiger partial charge in [0.25, 0.3) is 0 Å². The van der Waals surface area contributed by atoms with E-state index in [9.17, 15) is 4.79 Å². The number of benzene rings is 3. The summed E-state index contributed by atoms with van der Waals surface area (Å²) in [7, 11) is 0. The number of rotatable bonds is 4. The van der Waals surface area contributed by atoms with Crippen molar-refractivity contribution in [1.29, 1.82) is 0 Å². The van der Waals surface area contributed by atoms with Gasteiger partial charge < -0.3 is 5.32 Å². The molecule has 3 nitrogen and oxygen atoms in total. The third kappa shape index (κ3) is 4.10. The third-order valence-corrected chi connectivity index (χ3v) is 7.94. The Morgan fingerprint density at radius 3 is 2.68 bits per heavy atom. The van der Waals surface area contributed by atoms with Crippen LogP contribution in [0.5, 0.6) is 0 Å². The molecule has 156 valence electrons. The molecule has 0 bridgehead atoms. The Labute approximate surface area is 194 Å². The maximum absolute atomic E-state index is 13.4. The van der Waals surface area contributed by atoms with E-state index in [-0.39, 0.29) is 11.8 Å². The molecule has 0 radical (unpaired) electrons. The van der Waals surface area contributed by atoms with Crippen molar-refractivity contribution in [2.75, 3.05) is 6.54 Å². The minimum Gasteiger partial charge on any atom is -0.307 e. The molecule has 1 aromatic heterocycles. The number of piperidine rings is 1. The van der Waals surface area contributed by atoms with Gasteiger partial charge in [-0.2, -0.15) is 0 Å². The number of halogens is 1. The van der Waals surface area contributed by atoms with Gasteiger partial charge in [0.15, 0.2) is 5.78 Å². The predicted octanol–water partition coefficient (Wildman–Crippen LogP) is 6.75. The number of aromatic nitrogens is 1. The summed E-state index contributed by atoms with van der Waals surface area (Å²) in [5, 5.41) is 6.75. The van der Waals surface area contributed by atoms with Crippen LogP contribution < -0.4 is 5.32 Å². The van der Waals surface area contributed by atoms with Gasteiger partial charge in [-0.25, -0.2) is 4.98 Å². The van der Waals surface area contributed by atoms with E-state index < -0.39 is 0 Å². The minimum absolute atomic E-state index is 0.176. The molecule has 0 aliphatic carbocycles. The highest BCUT2D eigenvalue weighted by molar-refractivity contribution is 9.10. The topological polar surface area (TPSA) is 42.0 Å². The van der Waals surface area contributed by atoms with Gasteiger partial charge in [-0.3, -0.25) is 4.79 Å². The zero-order chi connectivity index (χ0) is 21.4. The maximum Gasteiger partial charge on any atom is 0.180 e. The molecule has 1 saturated heterocycles. The quantitative estimate of drug-likeness (QED) is 0.321. The van der Waals surface area contributed by atoms with Crippen molar-refractivity contribution in [3.8, 4) is 10.4 Å². The summed E-state index contributed by atoms with van der Waals surface area (Å²) < 4.78 is 1.08. The summed E-state index contributed by atoms with van der Waals surface area (Å²) in [6.45, 7) is 2.91. The Bertz CT molecular complexity index is 1240. The zero-order valence-electron chi connectivity index (χ0n) is 17.3. The molecule has 5 rings (SSSR count). The van der Waals surface area contributed by atoms with Crippen LogP contribution in [0.2, 0.25) is 0 Å². The number of thiazole rings is 1. The van der Waals surface area contributed by atoms with Gasteiger partial charge in [-0.1, -0.05) is 70.5 Å². The zero-order valence-corrected chi connectivity index (χ0v) is 19.7. The summed E-state index contributed by atoms with van der Waals surface area (Å²) in [6.07, 6.45) is 1.79. The number of nitrogens with zero attached hydrogens (tertiary/aromatic N) is 1. The first kappa shape index (κ1) is 20.6. The van der Waals surface area contributed by atoms with E-state index in [0.717, 1.165) is 50.9 Å². The number of Topliss-reactive ketones (excluding diaryl/α,β-unsaturated/α-hetero) is 1. The lowest BCUT2D eigenvalue weighted by molar-refractivity contribution is 0.0922. The van der Waals surface area contributed by atoms with Crippen molar-refractivity contribution >= 4 is 43.8 Å². The molecule has 1 aliphatic heterocycles. The van der Waals surface area contributed by atoms with E-state index >= 15 is 0 Å². The second-order valence-electron chi connectivity index (χ2n) is 8.09. The second kappa shape index (κ2) is 8.65. The molecule has 2 atom stereocenters. The fraction of sp³-hybridized carbons (Fsp3) is 0.231. The maximum atomic E-state index is 13.4. The highest BCUT2D eigenvalue weighted by atomic mass is 79.9. The van der Waals surface area contributed by atoms with Crippen LogP contribution in [-0.2, 0) is 0 Å². The van der Waals surface area contributed by atoms with Crippen LogP contribution >= 0.6 is 27.3 Å². The molecular weight excluding hydrogens is 468 g/mol. The van der Waals surface area contributed by atoms with E-state index in [1.165, 1.54) is 10.4 Å². The van der Waals surface area contributed by atoms with E-state index in [1.807, 2.05) is 30.3 Å². The summed E-state index contributed by atoms with van der Waals surface area (Å²) in [5.41, 5.74) is 3.07. The molecule has 1 N–H and O–H groups in total. The Hall–Kier alpha value is -2.34. The molecule has 31 heavy (non-hydrogen) atoms. The number of nitrogens with one attached hydrogen (secondary N) is 1. The molecule has 2 unspecified atom stereocenters. The summed E-state index contributed by atoms with van der Waals surface area (Å²) in [4.78, 5) is 19.6. The van der Waals surface area contributed by atoms with Crippen LogP contribution in [0.15, 0.2) is 71.2 Å². The molecule has 2 heterocycles. The number of carbonyl (C=O) groups excluding carboxylic acids is 1. The molecule has 1 aliphatic rings. The van der Waals surface area contributed by atoms with Crippen LogP contribution in [0.1, 0.15) is 39.8 Å². The van der Waals surface area contributed by atoms with Crippen molar-refractivity contribution in [2.45, 2.75) is 31.7 Å². The minimum atomic E-state index is -0.176. The molecule has 1 fully saturated rings. The average molecular weight is 491 g/mol. The van der Waals surface area contributed by atoms with Gasteiger partial charge in [0.05, 0.1) is 21.6 Å².